The Morgan fingerprint density at radius 1 is 1.06 bits per heavy atom. The molecule has 178 valence electrons. The molecule has 0 aromatic heterocycles. The molecule has 1 heterocycles. The summed E-state index contributed by atoms with van der Waals surface area (Å²) in [5, 5.41) is 6.22. The van der Waals surface area contributed by atoms with Crippen LogP contribution in [0.2, 0.25) is 0 Å². The van der Waals surface area contributed by atoms with Gasteiger partial charge in [0.1, 0.15) is 11.3 Å². The lowest BCUT2D eigenvalue weighted by molar-refractivity contribution is -0.227. The van der Waals surface area contributed by atoms with Crippen molar-refractivity contribution in [2.75, 3.05) is 13.2 Å². The fraction of sp³-hybridized carbons (Fsp3) is 0.458. The molecule has 0 N–H and O–H groups in total. The van der Waals surface area contributed by atoms with Crippen LogP contribution in [0.3, 0.4) is 0 Å². The second kappa shape index (κ2) is 11.5. The average molecular weight is 474 g/mol. The van der Waals surface area contributed by atoms with Crippen molar-refractivity contribution in [3.8, 4) is 0 Å². The molecule has 2 aromatic carbocycles. The minimum atomic E-state index is -1.55. The van der Waals surface area contributed by atoms with Gasteiger partial charge in [0.05, 0.1) is 19.6 Å². The van der Waals surface area contributed by atoms with Crippen molar-refractivity contribution in [3.63, 3.8) is 0 Å². The van der Waals surface area contributed by atoms with Crippen molar-refractivity contribution in [2.24, 2.45) is 10.1 Å². The number of ether oxygens (including phenoxy) is 1. The summed E-state index contributed by atoms with van der Waals surface area (Å²) < 4.78 is 17.1. The van der Waals surface area contributed by atoms with Gasteiger partial charge < -0.3 is 13.8 Å². The van der Waals surface area contributed by atoms with Gasteiger partial charge in [-0.15, -0.1) is 0 Å². The summed E-state index contributed by atoms with van der Waals surface area (Å²) >= 11 is 0. The van der Waals surface area contributed by atoms with E-state index in [0.29, 0.717) is 25.5 Å². The van der Waals surface area contributed by atoms with Gasteiger partial charge in [0.2, 0.25) is 0 Å². The second-order valence-corrected chi connectivity index (χ2v) is 10.1. The van der Waals surface area contributed by atoms with Crippen LogP contribution in [0.5, 0.6) is 0 Å². The van der Waals surface area contributed by atoms with Crippen LogP contribution < -0.4 is 0 Å². The van der Waals surface area contributed by atoms with Crippen LogP contribution in [-0.2, 0) is 34.9 Å². The Labute approximate surface area is 195 Å². The van der Waals surface area contributed by atoms with Crippen molar-refractivity contribution in [1.82, 2.24) is 0 Å². The SMILES string of the molecule is CCOP(OCC)C(CC1=NC(Cc2ccc3ccccc3c2)=NOO1)C(=O)OC(C)(C)C. The number of amidine groups is 1. The van der Waals surface area contributed by atoms with Crippen molar-refractivity contribution < 1.29 is 28.5 Å². The molecule has 8 nitrogen and oxygen atoms in total. The molecule has 3 rings (SSSR count). The van der Waals surface area contributed by atoms with E-state index in [0.717, 1.165) is 16.3 Å². The summed E-state index contributed by atoms with van der Waals surface area (Å²) in [6.45, 7) is 9.97. The molecule has 0 spiro atoms. The molecule has 0 saturated heterocycles. The van der Waals surface area contributed by atoms with Gasteiger partial charge in [-0.3, -0.25) is 9.68 Å². The number of hydrogen-bond acceptors (Lipinski definition) is 8. The topological polar surface area (TPSA) is 87.9 Å². The number of esters is 1. The molecule has 0 fully saturated rings. The molecule has 9 heteroatoms. The van der Waals surface area contributed by atoms with E-state index in [1.54, 1.807) is 0 Å². The summed E-state index contributed by atoms with van der Waals surface area (Å²) in [4.78, 5) is 27.6. The smallest absolute Gasteiger partial charge is 0.319 e. The zero-order valence-electron chi connectivity index (χ0n) is 19.7. The monoisotopic (exact) mass is 474 g/mol. The summed E-state index contributed by atoms with van der Waals surface area (Å²) in [6.07, 6.45) is 0.567. The third-order valence-electron chi connectivity index (χ3n) is 4.52. The number of aliphatic imine (C=N–C) groups is 1. The Balaban J connectivity index is 1.77. The predicted octanol–water partition coefficient (Wildman–Crippen LogP) is 5.54. The first-order valence-electron chi connectivity index (χ1n) is 11.0. The fourth-order valence-corrected chi connectivity index (χ4v) is 4.69. The zero-order chi connectivity index (χ0) is 23.8. The Bertz CT molecular complexity index is 1010. The predicted molar refractivity (Wildman–Crippen MR) is 129 cm³/mol. The standard InChI is InChI=1S/C24H31N2O6P/c1-6-28-33(29-7-2)20(23(27)30-24(3,4)5)16-22-25-21(26-32-31-22)15-17-12-13-18-10-8-9-11-19(18)14-17/h8-14,20H,6-7,15-16H2,1-5H3. The first-order chi connectivity index (χ1) is 15.8. The summed E-state index contributed by atoms with van der Waals surface area (Å²) in [6, 6.07) is 14.3. The number of nitrogens with zero attached hydrogens (tertiary/aromatic N) is 2. The lowest BCUT2D eigenvalue weighted by Gasteiger charge is -2.28. The Hall–Kier alpha value is -2.54. The average Bonchev–Trinajstić information content (AvgIpc) is 2.76. The fourth-order valence-electron chi connectivity index (χ4n) is 3.22. The van der Waals surface area contributed by atoms with E-state index in [-0.39, 0.29) is 12.3 Å². The molecule has 0 amide bonds. The summed E-state index contributed by atoms with van der Waals surface area (Å²) in [5.74, 6) is 0.246. The molecule has 1 unspecified atom stereocenters. The number of carbonyl (C=O) groups excluding carboxylic acids is 1. The van der Waals surface area contributed by atoms with Crippen LogP contribution in [0, 0.1) is 0 Å². The molecule has 1 aliphatic heterocycles. The quantitative estimate of drug-likeness (QED) is 0.255. The van der Waals surface area contributed by atoms with Gasteiger partial charge in [0, 0.05) is 6.42 Å². The van der Waals surface area contributed by atoms with E-state index in [1.165, 1.54) is 0 Å². The largest absolute Gasteiger partial charge is 0.459 e. The highest BCUT2D eigenvalue weighted by molar-refractivity contribution is 7.49. The highest BCUT2D eigenvalue weighted by atomic mass is 31.2. The van der Waals surface area contributed by atoms with E-state index in [2.05, 4.69) is 34.4 Å². The van der Waals surface area contributed by atoms with Crippen molar-refractivity contribution in [3.05, 3.63) is 48.0 Å². The van der Waals surface area contributed by atoms with Crippen LogP contribution >= 0.6 is 8.38 Å². The van der Waals surface area contributed by atoms with Crippen molar-refractivity contribution in [2.45, 2.75) is 58.7 Å². The molecule has 1 aliphatic rings. The maximum atomic E-state index is 13.0. The maximum Gasteiger partial charge on any atom is 0.319 e. The van der Waals surface area contributed by atoms with E-state index >= 15 is 0 Å². The van der Waals surface area contributed by atoms with Gasteiger partial charge in [0.25, 0.3) is 5.90 Å². The zero-order valence-corrected chi connectivity index (χ0v) is 20.6. The molecule has 0 radical (unpaired) electrons. The lowest BCUT2D eigenvalue weighted by atomic mass is 10.0. The number of oxime groups is 1. The van der Waals surface area contributed by atoms with E-state index < -0.39 is 25.6 Å². The maximum absolute atomic E-state index is 13.0. The first-order valence-corrected chi connectivity index (χ1v) is 12.3. The summed E-state index contributed by atoms with van der Waals surface area (Å²) in [7, 11) is -1.55. The molecule has 0 bridgehead atoms. The molecule has 2 aromatic rings. The van der Waals surface area contributed by atoms with Crippen LogP contribution in [0.25, 0.3) is 10.8 Å². The van der Waals surface area contributed by atoms with Crippen molar-refractivity contribution in [1.29, 1.82) is 0 Å². The molecule has 0 aliphatic carbocycles. The van der Waals surface area contributed by atoms with Gasteiger partial charge in [0.15, 0.2) is 14.2 Å². The van der Waals surface area contributed by atoms with E-state index in [4.69, 9.17) is 23.7 Å². The molecular weight excluding hydrogens is 443 g/mol. The van der Waals surface area contributed by atoms with Crippen LogP contribution in [-0.4, -0.2) is 42.2 Å². The highest BCUT2D eigenvalue weighted by Gasteiger charge is 2.37. The van der Waals surface area contributed by atoms with Gasteiger partial charge in [-0.25, -0.2) is 0 Å². The highest BCUT2D eigenvalue weighted by Crippen LogP contribution is 2.46. The molecular formula is C24H31N2O6P. The number of benzene rings is 2. The Morgan fingerprint density at radius 2 is 1.76 bits per heavy atom. The number of fused-ring (bicyclic) bond motifs is 1. The van der Waals surface area contributed by atoms with E-state index in [9.17, 15) is 4.79 Å². The summed E-state index contributed by atoms with van der Waals surface area (Å²) in [5.41, 5.74) is -0.333. The third-order valence-corrected chi connectivity index (χ3v) is 6.45. The number of hydrogen-bond donors (Lipinski definition) is 0. The number of carbonyl (C=O) groups is 1. The third kappa shape index (κ3) is 7.49. The van der Waals surface area contributed by atoms with Gasteiger partial charge >= 0.3 is 5.97 Å². The second-order valence-electron chi connectivity index (χ2n) is 8.40. The van der Waals surface area contributed by atoms with Gasteiger partial charge in [-0.2, -0.15) is 9.98 Å². The van der Waals surface area contributed by atoms with Gasteiger partial charge in [-0.1, -0.05) is 42.5 Å². The minimum absolute atomic E-state index is 0.108. The Kier molecular flexibility index (Phi) is 8.78. The van der Waals surface area contributed by atoms with Crippen LogP contribution in [0.1, 0.15) is 46.6 Å². The molecule has 0 saturated carbocycles. The van der Waals surface area contributed by atoms with Crippen LogP contribution in [0.15, 0.2) is 52.6 Å². The van der Waals surface area contributed by atoms with Crippen LogP contribution in [0.4, 0.5) is 0 Å². The molecule has 1 atom stereocenters. The van der Waals surface area contributed by atoms with Crippen molar-refractivity contribution >= 4 is 36.9 Å². The minimum Gasteiger partial charge on any atom is -0.459 e. The molecule has 33 heavy (non-hydrogen) atoms. The van der Waals surface area contributed by atoms with E-state index in [1.807, 2.05) is 52.8 Å². The normalized spacial score (nSPS) is 14.8. The Morgan fingerprint density at radius 3 is 2.42 bits per heavy atom. The first kappa shape index (κ1) is 25.1. The number of rotatable bonds is 10. The van der Waals surface area contributed by atoms with Gasteiger partial charge in [-0.05, 0) is 56.1 Å². The lowest BCUT2D eigenvalue weighted by Crippen LogP contribution is -2.34.